The third-order valence-electron chi connectivity index (χ3n) is 5.24. The van der Waals surface area contributed by atoms with E-state index in [1.807, 2.05) is 36.5 Å². The standard InChI is InChI=1S/C19H23N3O2S/c23-18(24)17-13-21(12-16(17)14-6-2-1-3-7-14)11-15-10-20-19(25-15)22-8-4-5-9-22/h1-3,6-7,10,16-17H,4-5,8-9,11-13H2,(H,23,24)/t16-,17+/m0/s1. The number of aliphatic carboxylic acids is 1. The molecule has 0 bridgehead atoms. The fourth-order valence-corrected chi connectivity index (χ4v) is 4.95. The van der Waals surface area contributed by atoms with Crippen molar-refractivity contribution in [3.8, 4) is 0 Å². The second-order valence-corrected chi connectivity index (χ2v) is 8.05. The second kappa shape index (κ2) is 7.14. The molecule has 0 saturated carbocycles. The smallest absolute Gasteiger partial charge is 0.308 e. The Kier molecular flexibility index (Phi) is 4.72. The first-order valence-corrected chi connectivity index (χ1v) is 9.72. The van der Waals surface area contributed by atoms with Crippen LogP contribution in [0, 0.1) is 5.92 Å². The van der Waals surface area contributed by atoms with Crippen LogP contribution in [0.1, 0.15) is 29.2 Å². The highest BCUT2D eigenvalue weighted by Gasteiger charge is 2.38. The first-order valence-electron chi connectivity index (χ1n) is 8.90. The maximum absolute atomic E-state index is 11.7. The lowest BCUT2D eigenvalue weighted by molar-refractivity contribution is -0.141. The molecular weight excluding hydrogens is 334 g/mol. The normalized spacial score (nSPS) is 24.1. The minimum atomic E-state index is -0.696. The first-order chi connectivity index (χ1) is 12.2. The van der Waals surface area contributed by atoms with Crippen molar-refractivity contribution in [2.75, 3.05) is 31.1 Å². The largest absolute Gasteiger partial charge is 0.481 e. The molecule has 4 rings (SSSR count). The lowest BCUT2D eigenvalue weighted by atomic mass is 9.89. The molecule has 1 aromatic heterocycles. The Balaban J connectivity index is 1.45. The van der Waals surface area contributed by atoms with E-state index in [1.165, 1.54) is 17.7 Å². The molecular formula is C19H23N3O2S. The van der Waals surface area contributed by atoms with Gasteiger partial charge in [-0.05, 0) is 18.4 Å². The molecule has 2 aromatic rings. The van der Waals surface area contributed by atoms with E-state index in [9.17, 15) is 9.90 Å². The highest BCUT2D eigenvalue weighted by Crippen LogP contribution is 2.35. The van der Waals surface area contributed by atoms with Crippen LogP contribution < -0.4 is 4.90 Å². The first kappa shape index (κ1) is 16.5. The predicted molar refractivity (Wildman–Crippen MR) is 99.1 cm³/mol. The molecule has 0 amide bonds. The summed E-state index contributed by atoms with van der Waals surface area (Å²) in [4.78, 5) is 22.1. The maximum Gasteiger partial charge on any atom is 0.308 e. The Labute approximate surface area is 151 Å². The van der Waals surface area contributed by atoms with Crippen LogP contribution in [0.5, 0.6) is 0 Å². The Bertz CT molecular complexity index is 727. The van der Waals surface area contributed by atoms with E-state index >= 15 is 0 Å². The summed E-state index contributed by atoms with van der Waals surface area (Å²) in [5.74, 6) is -0.975. The van der Waals surface area contributed by atoms with Gasteiger partial charge in [0.25, 0.3) is 0 Å². The van der Waals surface area contributed by atoms with Crippen LogP contribution in [-0.2, 0) is 11.3 Å². The van der Waals surface area contributed by atoms with Crippen LogP contribution in [0.4, 0.5) is 5.13 Å². The number of carbonyl (C=O) groups is 1. The average molecular weight is 357 g/mol. The van der Waals surface area contributed by atoms with Gasteiger partial charge < -0.3 is 10.0 Å². The second-order valence-electron chi connectivity index (χ2n) is 6.96. The highest BCUT2D eigenvalue weighted by molar-refractivity contribution is 7.15. The molecule has 0 aliphatic carbocycles. The zero-order chi connectivity index (χ0) is 17.2. The quantitative estimate of drug-likeness (QED) is 0.891. The highest BCUT2D eigenvalue weighted by atomic mass is 32.1. The van der Waals surface area contributed by atoms with Crippen molar-refractivity contribution in [2.24, 2.45) is 5.92 Å². The summed E-state index contributed by atoms with van der Waals surface area (Å²) in [6, 6.07) is 10.0. The van der Waals surface area contributed by atoms with E-state index in [0.29, 0.717) is 6.54 Å². The average Bonchev–Trinajstić information content (AvgIpc) is 3.36. The predicted octanol–water partition coefficient (Wildman–Crippen LogP) is 3.04. The number of aromatic nitrogens is 1. The minimum absolute atomic E-state index is 0.0599. The van der Waals surface area contributed by atoms with Gasteiger partial charge in [-0.15, -0.1) is 11.3 Å². The Morgan fingerprint density at radius 3 is 2.68 bits per heavy atom. The van der Waals surface area contributed by atoms with Gasteiger partial charge >= 0.3 is 5.97 Å². The van der Waals surface area contributed by atoms with Crippen LogP contribution in [0.15, 0.2) is 36.5 Å². The van der Waals surface area contributed by atoms with E-state index in [1.54, 1.807) is 11.3 Å². The fourth-order valence-electron chi connectivity index (χ4n) is 3.95. The topological polar surface area (TPSA) is 56.7 Å². The summed E-state index contributed by atoms with van der Waals surface area (Å²) in [6.45, 7) is 4.39. The Hall–Kier alpha value is -1.92. The number of thiazole rings is 1. The van der Waals surface area contributed by atoms with Gasteiger partial charge in [0.1, 0.15) is 0 Å². The van der Waals surface area contributed by atoms with Crippen molar-refractivity contribution in [1.29, 1.82) is 0 Å². The molecule has 1 aromatic carbocycles. The number of carboxylic acid groups (broad SMARTS) is 1. The lowest BCUT2D eigenvalue weighted by Crippen LogP contribution is -2.23. The lowest BCUT2D eigenvalue weighted by Gasteiger charge is -2.15. The minimum Gasteiger partial charge on any atom is -0.481 e. The van der Waals surface area contributed by atoms with Gasteiger partial charge in [0.2, 0.25) is 0 Å². The molecule has 2 fully saturated rings. The Morgan fingerprint density at radius 2 is 1.96 bits per heavy atom. The van der Waals surface area contributed by atoms with Gasteiger partial charge in [-0.25, -0.2) is 4.98 Å². The monoisotopic (exact) mass is 357 g/mol. The molecule has 132 valence electrons. The molecule has 1 N–H and O–H groups in total. The third kappa shape index (κ3) is 3.55. The van der Waals surface area contributed by atoms with Crippen LogP contribution in [0.25, 0.3) is 0 Å². The molecule has 0 radical (unpaired) electrons. The van der Waals surface area contributed by atoms with Crippen molar-refractivity contribution < 1.29 is 9.90 Å². The van der Waals surface area contributed by atoms with Gasteiger partial charge in [0.15, 0.2) is 5.13 Å². The van der Waals surface area contributed by atoms with E-state index in [2.05, 4.69) is 14.8 Å². The van der Waals surface area contributed by atoms with Gasteiger partial charge in [-0.2, -0.15) is 0 Å². The van der Waals surface area contributed by atoms with Gasteiger partial charge in [-0.3, -0.25) is 9.69 Å². The fraction of sp³-hybridized carbons (Fsp3) is 0.474. The van der Waals surface area contributed by atoms with E-state index in [-0.39, 0.29) is 11.8 Å². The van der Waals surface area contributed by atoms with Crippen molar-refractivity contribution >= 4 is 22.4 Å². The van der Waals surface area contributed by atoms with Crippen molar-refractivity contribution in [3.05, 3.63) is 47.0 Å². The Morgan fingerprint density at radius 1 is 1.20 bits per heavy atom. The maximum atomic E-state index is 11.7. The van der Waals surface area contributed by atoms with Crippen molar-refractivity contribution in [3.63, 3.8) is 0 Å². The number of benzene rings is 1. The molecule has 2 aliphatic heterocycles. The number of rotatable bonds is 5. The van der Waals surface area contributed by atoms with Gasteiger partial charge in [-0.1, -0.05) is 30.3 Å². The summed E-state index contributed by atoms with van der Waals surface area (Å²) in [5, 5.41) is 10.7. The zero-order valence-corrected chi connectivity index (χ0v) is 15.0. The SMILES string of the molecule is O=C(O)[C@@H]1CN(Cc2cnc(N3CCCC3)s2)C[C@H]1c1ccccc1. The number of likely N-dealkylation sites (tertiary alicyclic amines) is 1. The molecule has 3 heterocycles. The third-order valence-corrected chi connectivity index (χ3v) is 6.28. The van der Waals surface area contributed by atoms with E-state index < -0.39 is 5.97 Å². The van der Waals surface area contributed by atoms with Crippen LogP contribution in [-0.4, -0.2) is 47.1 Å². The van der Waals surface area contributed by atoms with E-state index in [0.717, 1.165) is 36.9 Å². The molecule has 5 nitrogen and oxygen atoms in total. The van der Waals surface area contributed by atoms with Crippen LogP contribution in [0.3, 0.4) is 0 Å². The number of hydrogen-bond acceptors (Lipinski definition) is 5. The van der Waals surface area contributed by atoms with Crippen molar-refractivity contribution in [1.82, 2.24) is 9.88 Å². The summed E-state index contributed by atoms with van der Waals surface area (Å²) in [5.41, 5.74) is 1.12. The summed E-state index contributed by atoms with van der Waals surface area (Å²) in [7, 11) is 0. The molecule has 2 aliphatic rings. The summed E-state index contributed by atoms with van der Waals surface area (Å²) in [6.07, 6.45) is 4.46. The molecule has 0 spiro atoms. The molecule has 25 heavy (non-hydrogen) atoms. The number of nitrogens with zero attached hydrogens (tertiary/aromatic N) is 3. The number of hydrogen-bond donors (Lipinski definition) is 1. The molecule has 2 atom stereocenters. The number of carboxylic acids is 1. The number of anilines is 1. The van der Waals surface area contributed by atoms with Crippen LogP contribution in [0.2, 0.25) is 0 Å². The van der Waals surface area contributed by atoms with Gasteiger partial charge in [0, 0.05) is 49.7 Å². The molecule has 2 saturated heterocycles. The molecule has 0 unspecified atom stereocenters. The summed E-state index contributed by atoms with van der Waals surface area (Å²) >= 11 is 1.75. The zero-order valence-electron chi connectivity index (χ0n) is 14.2. The van der Waals surface area contributed by atoms with Gasteiger partial charge in [0.05, 0.1) is 5.92 Å². The van der Waals surface area contributed by atoms with Crippen LogP contribution >= 0.6 is 11.3 Å². The summed E-state index contributed by atoms with van der Waals surface area (Å²) < 4.78 is 0. The van der Waals surface area contributed by atoms with Crippen molar-refractivity contribution in [2.45, 2.75) is 25.3 Å². The van der Waals surface area contributed by atoms with E-state index in [4.69, 9.17) is 0 Å². The molecule has 6 heteroatoms.